The predicted molar refractivity (Wildman–Crippen MR) is 88.0 cm³/mol. The quantitative estimate of drug-likeness (QED) is 0.725. The summed E-state index contributed by atoms with van der Waals surface area (Å²) in [6, 6.07) is 1.69. The summed E-state index contributed by atoms with van der Waals surface area (Å²) in [6.45, 7) is 13.1. The molecule has 0 aromatic carbocycles. The third-order valence-electron chi connectivity index (χ3n) is 5.27. The van der Waals surface area contributed by atoms with Crippen LogP contribution in [0.5, 0.6) is 0 Å². The van der Waals surface area contributed by atoms with Gasteiger partial charge in [-0.3, -0.25) is 4.90 Å². The van der Waals surface area contributed by atoms with E-state index in [0.29, 0.717) is 0 Å². The highest BCUT2D eigenvalue weighted by molar-refractivity contribution is 4.91. The van der Waals surface area contributed by atoms with Gasteiger partial charge >= 0.3 is 0 Å². The lowest BCUT2D eigenvalue weighted by Gasteiger charge is -2.39. The van der Waals surface area contributed by atoms with E-state index in [0.717, 1.165) is 36.4 Å². The van der Waals surface area contributed by atoms with Gasteiger partial charge in [0.15, 0.2) is 0 Å². The maximum Gasteiger partial charge on any atom is 0.0108 e. The summed E-state index contributed by atoms with van der Waals surface area (Å²) in [5.74, 6) is 2.67. The minimum Gasteiger partial charge on any atom is -0.314 e. The van der Waals surface area contributed by atoms with Crippen molar-refractivity contribution < 1.29 is 0 Å². The van der Waals surface area contributed by atoms with Crippen molar-refractivity contribution in [2.45, 2.75) is 78.3 Å². The first-order valence-corrected chi connectivity index (χ1v) is 9.11. The van der Waals surface area contributed by atoms with Crippen molar-refractivity contribution in [2.75, 3.05) is 19.6 Å². The van der Waals surface area contributed by atoms with Crippen molar-refractivity contribution >= 4 is 0 Å². The van der Waals surface area contributed by atoms with Crippen LogP contribution >= 0.6 is 0 Å². The molecular weight excluding hydrogens is 244 g/mol. The van der Waals surface area contributed by atoms with Gasteiger partial charge in [0.1, 0.15) is 0 Å². The summed E-state index contributed by atoms with van der Waals surface area (Å²) in [5, 5.41) is 3.77. The molecule has 0 bridgehead atoms. The molecule has 118 valence electrons. The molecule has 3 atom stereocenters. The largest absolute Gasteiger partial charge is 0.314 e. The van der Waals surface area contributed by atoms with E-state index in [1.165, 1.54) is 51.6 Å². The topological polar surface area (TPSA) is 15.3 Å². The van der Waals surface area contributed by atoms with Crippen molar-refractivity contribution in [1.82, 2.24) is 10.2 Å². The van der Waals surface area contributed by atoms with E-state index in [1.54, 1.807) is 0 Å². The molecule has 0 aliphatic heterocycles. The van der Waals surface area contributed by atoms with Gasteiger partial charge in [0.25, 0.3) is 0 Å². The van der Waals surface area contributed by atoms with E-state index in [4.69, 9.17) is 0 Å². The lowest BCUT2D eigenvalue weighted by molar-refractivity contribution is 0.125. The molecule has 3 unspecified atom stereocenters. The van der Waals surface area contributed by atoms with E-state index in [1.807, 2.05) is 0 Å². The van der Waals surface area contributed by atoms with Crippen LogP contribution in [-0.2, 0) is 0 Å². The number of nitrogens with zero attached hydrogens (tertiary/aromatic N) is 1. The smallest absolute Gasteiger partial charge is 0.0108 e. The summed E-state index contributed by atoms with van der Waals surface area (Å²) in [7, 11) is 0. The first-order valence-electron chi connectivity index (χ1n) is 9.11. The van der Waals surface area contributed by atoms with Gasteiger partial charge in [0, 0.05) is 25.2 Å². The second kappa shape index (κ2) is 7.79. The minimum absolute atomic E-state index is 0.774. The highest BCUT2D eigenvalue weighted by Crippen LogP contribution is 2.35. The zero-order chi connectivity index (χ0) is 14.5. The molecule has 0 saturated heterocycles. The molecule has 20 heavy (non-hydrogen) atoms. The third kappa shape index (κ3) is 4.73. The maximum atomic E-state index is 3.77. The highest BCUT2D eigenvalue weighted by Gasteiger charge is 2.35. The molecule has 0 aromatic heterocycles. The fourth-order valence-electron chi connectivity index (χ4n) is 4.05. The Morgan fingerprint density at radius 1 is 1.10 bits per heavy atom. The molecule has 2 fully saturated rings. The lowest BCUT2D eigenvalue weighted by atomic mass is 9.76. The summed E-state index contributed by atoms with van der Waals surface area (Å²) in [6.07, 6.45) is 8.57. The molecule has 0 amide bonds. The SMILES string of the molecule is CCNC1CCC(CC)CC1CN(CC(C)C)C1CC1. The van der Waals surface area contributed by atoms with Crippen molar-refractivity contribution in [3.8, 4) is 0 Å². The summed E-state index contributed by atoms with van der Waals surface area (Å²) in [5.41, 5.74) is 0. The zero-order valence-corrected chi connectivity index (χ0v) is 14.2. The fourth-order valence-corrected chi connectivity index (χ4v) is 4.05. The van der Waals surface area contributed by atoms with Crippen LogP contribution in [0.4, 0.5) is 0 Å². The Bertz CT molecular complexity index is 273. The molecule has 2 aliphatic rings. The highest BCUT2D eigenvalue weighted by atomic mass is 15.2. The molecule has 0 aromatic rings. The summed E-state index contributed by atoms with van der Waals surface area (Å²) in [4.78, 5) is 2.82. The van der Waals surface area contributed by atoms with Crippen LogP contribution in [-0.4, -0.2) is 36.6 Å². The lowest BCUT2D eigenvalue weighted by Crippen LogP contribution is -2.47. The van der Waals surface area contributed by atoms with E-state index >= 15 is 0 Å². The average molecular weight is 281 g/mol. The number of nitrogens with one attached hydrogen (secondary N) is 1. The van der Waals surface area contributed by atoms with Crippen LogP contribution in [0, 0.1) is 17.8 Å². The van der Waals surface area contributed by atoms with Crippen molar-refractivity contribution in [3.63, 3.8) is 0 Å². The van der Waals surface area contributed by atoms with Gasteiger partial charge < -0.3 is 5.32 Å². The summed E-state index contributed by atoms with van der Waals surface area (Å²) >= 11 is 0. The van der Waals surface area contributed by atoms with Crippen LogP contribution in [0.15, 0.2) is 0 Å². The normalized spacial score (nSPS) is 31.2. The van der Waals surface area contributed by atoms with Gasteiger partial charge in [-0.25, -0.2) is 0 Å². The van der Waals surface area contributed by atoms with Gasteiger partial charge in [0.2, 0.25) is 0 Å². The van der Waals surface area contributed by atoms with Gasteiger partial charge in [-0.1, -0.05) is 34.1 Å². The van der Waals surface area contributed by atoms with Gasteiger partial charge in [-0.2, -0.15) is 0 Å². The summed E-state index contributed by atoms with van der Waals surface area (Å²) < 4.78 is 0. The zero-order valence-electron chi connectivity index (χ0n) is 14.2. The molecule has 0 heterocycles. The Morgan fingerprint density at radius 3 is 2.40 bits per heavy atom. The third-order valence-corrected chi connectivity index (χ3v) is 5.27. The number of rotatable bonds is 8. The van der Waals surface area contributed by atoms with E-state index < -0.39 is 0 Å². The first-order chi connectivity index (χ1) is 9.63. The monoisotopic (exact) mass is 280 g/mol. The molecule has 0 radical (unpaired) electrons. The Kier molecular flexibility index (Phi) is 6.35. The molecule has 1 N–H and O–H groups in total. The first kappa shape index (κ1) is 16.3. The van der Waals surface area contributed by atoms with Crippen LogP contribution in [0.1, 0.15) is 66.2 Å². The second-order valence-electron chi connectivity index (χ2n) is 7.59. The van der Waals surface area contributed by atoms with Crippen LogP contribution in [0.25, 0.3) is 0 Å². The minimum atomic E-state index is 0.774. The molecule has 2 heteroatoms. The van der Waals surface area contributed by atoms with Crippen LogP contribution in [0.2, 0.25) is 0 Å². The standard InChI is InChI=1S/C18H36N2/c1-5-15-7-10-18(19-6-2)16(11-15)13-20(12-14(3)4)17-8-9-17/h14-19H,5-13H2,1-4H3. The van der Waals surface area contributed by atoms with Gasteiger partial charge in [0.05, 0.1) is 0 Å². The number of hydrogen-bond acceptors (Lipinski definition) is 2. The van der Waals surface area contributed by atoms with Crippen molar-refractivity contribution in [2.24, 2.45) is 17.8 Å². The molecule has 0 spiro atoms. The Morgan fingerprint density at radius 2 is 1.85 bits per heavy atom. The van der Waals surface area contributed by atoms with Gasteiger partial charge in [-0.15, -0.1) is 0 Å². The van der Waals surface area contributed by atoms with E-state index in [-0.39, 0.29) is 0 Å². The molecule has 2 aliphatic carbocycles. The van der Waals surface area contributed by atoms with Crippen molar-refractivity contribution in [3.05, 3.63) is 0 Å². The van der Waals surface area contributed by atoms with E-state index in [2.05, 4.69) is 37.9 Å². The Balaban J connectivity index is 1.93. The fraction of sp³-hybridized carbons (Fsp3) is 1.00. The molecule has 2 saturated carbocycles. The van der Waals surface area contributed by atoms with Crippen LogP contribution in [0.3, 0.4) is 0 Å². The molecule has 2 nitrogen and oxygen atoms in total. The van der Waals surface area contributed by atoms with E-state index in [9.17, 15) is 0 Å². The van der Waals surface area contributed by atoms with Crippen LogP contribution < -0.4 is 5.32 Å². The Hall–Kier alpha value is -0.0800. The Labute approximate surface area is 126 Å². The predicted octanol–water partition coefficient (Wildman–Crippen LogP) is 3.91. The molecular formula is C18H36N2. The van der Waals surface area contributed by atoms with Crippen molar-refractivity contribution in [1.29, 1.82) is 0 Å². The molecule has 2 rings (SSSR count). The number of hydrogen-bond donors (Lipinski definition) is 1. The average Bonchev–Trinajstić information content (AvgIpc) is 3.24. The van der Waals surface area contributed by atoms with Gasteiger partial charge in [-0.05, 0) is 56.4 Å². The maximum absolute atomic E-state index is 3.77. The second-order valence-corrected chi connectivity index (χ2v) is 7.59.